The van der Waals surface area contributed by atoms with Crippen LogP contribution in [0.1, 0.15) is 22.3 Å². The van der Waals surface area contributed by atoms with E-state index in [1.165, 1.54) is 44.5 Å². The molecule has 8 aromatic rings. The first kappa shape index (κ1) is 26.5. The molecule has 0 bridgehead atoms. The Kier molecular flexibility index (Phi) is 5.97. The Hall–Kier alpha value is -5.87. The second kappa shape index (κ2) is 10.4. The fraction of sp³-hybridized carbons (Fsp3) is 0.0714. The predicted octanol–water partition coefficient (Wildman–Crippen LogP) is 10.6. The summed E-state index contributed by atoms with van der Waals surface area (Å²) in [6, 6.07) is 43.0. The van der Waals surface area contributed by atoms with Gasteiger partial charge in [-0.15, -0.1) is 10.2 Å². The number of furan rings is 1. The Morgan fingerprint density at radius 3 is 2.22 bits per heavy atom. The van der Waals surface area contributed by atoms with Gasteiger partial charge < -0.3 is 4.42 Å². The van der Waals surface area contributed by atoms with Gasteiger partial charge in [-0.3, -0.25) is 0 Å². The van der Waals surface area contributed by atoms with E-state index in [0.29, 0.717) is 0 Å². The third-order valence-corrected chi connectivity index (χ3v) is 9.62. The summed E-state index contributed by atoms with van der Waals surface area (Å²) < 4.78 is 6.36. The van der Waals surface area contributed by atoms with Crippen LogP contribution in [0.4, 0.5) is 0 Å². The lowest BCUT2D eigenvalue weighted by Crippen LogP contribution is -2.02. The van der Waals surface area contributed by atoms with Gasteiger partial charge in [-0.25, -0.2) is 0 Å². The van der Waals surface area contributed by atoms with Crippen LogP contribution < -0.4 is 0 Å². The standard InChI is InChI=1S/C42H29N3O/c1-25-23-34-29-14-7-6-13-28(29)24-35(34)39(26(25)2)42-30(27-11-4-3-5-12-27)19-20-32(41(42)36-21-22-43-45-44-36)31-16-10-18-38-40(31)33-15-8-9-17-37(33)46-38/h3-23H,24H2,1-2H3. The molecular formula is C42H29N3O. The van der Waals surface area contributed by atoms with Crippen molar-refractivity contribution in [2.45, 2.75) is 20.3 Å². The van der Waals surface area contributed by atoms with Crippen LogP contribution in [0.15, 0.2) is 132 Å². The second-order valence-electron chi connectivity index (χ2n) is 12.1. The smallest absolute Gasteiger partial charge is 0.136 e. The number of hydrogen-bond acceptors (Lipinski definition) is 4. The van der Waals surface area contributed by atoms with Crippen LogP contribution in [0.5, 0.6) is 0 Å². The molecular weight excluding hydrogens is 562 g/mol. The molecule has 0 unspecified atom stereocenters. The van der Waals surface area contributed by atoms with Gasteiger partial charge in [0.25, 0.3) is 0 Å². The number of nitrogens with zero attached hydrogens (tertiary/aromatic N) is 3. The van der Waals surface area contributed by atoms with Gasteiger partial charge in [0, 0.05) is 21.9 Å². The first-order valence-electron chi connectivity index (χ1n) is 15.7. The van der Waals surface area contributed by atoms with Crippen molar-refractivity contribution >= 4 is 21.9 Å². The molecule has 4 heteroatoms. The molecule has 0 saturated carbocycles. The van der Waals surface area contributed by atoms with Gasteiger partial charge in [-0.2, -0.15) is 0 Å². The molecule has 218 valence electrons. The lowest BCUT2D eigenvalue weighted by atomic mass is 9.79. The highest BCUT2D eigenvalue weighted by molar-refractivity contribution is 6.15. The number of fused-ring (bicyclic) bond motifs is 6. The molecule has 0 atom stereocenters. The second-order valence-corrected chi connectivity index (χ2v) is 12.1. The zero-order chi connectivity index (χ0) is 30.8. The summed E-state index contributed by atoms with van der Waals surface area (Å²) >= 11 is 0. The molecule has 0 radical (unpaired) electrons. The van der Waals surface area contributed by atoms with E-state index in [4.69, 9.17) is 4.42 Å². The average Bonchev–Trinajstić information content (AvgIpc) is 3.67. The minimum Gasteiger partial charge on any atom is -0.456 e. The Bertz CT molecular complexity index is 2460. The van der Waals surface area contributed by atoms with Gasteiger partial charge in [-0.05, 0) is 105 Å². The molecule has 4 nitrogen and oxygen atoms in total. The number of benzene rings is 6. The molecule has 0 N–H and O–H groups in total. The zero-order valence-electron chi connectivity index (χ0n) is 25.6. The predicted molar refractivity (Wildman–Crippen MR) is 187 cm³/mol. The number of aromatic nitrogens is 3. The summed E-state index contributed by atoms with van der Waals surface area (Å²) in [5.74, 6) is 0. The summed E-state index contributed by atoms with van der Waals surface area (Å²) in [6.07, 6.45) is 2.62. The maximum atomic E-state index is 6.36. The van der Waals surface area contributed by atoms with Crippen LogP contribution in [0.25, 0.3) is 77.7 Å². The number of para-hydroxylation sites is 1. The highest BCUT2D eigenvalue weighted by Crippen LogP contribution is 2.52. The van der Waals surface area contributed by atoms with Crippen molar-refractivity contribution in [2.24, 2.45) is 0 Å². The molecule has 46 heavy (non-hydrogen) atoms. The van der Waals surface area contributed by atoms with Crippen LogP contribution in [-0.4, -0.2) is 15.4 Å². The first-order valence-corrected chi connectivity index (χ1v) is 15.7. The van der Waals surface area contributed by atoms with E-state index in [9.17, 15) is 0 Å². The van der Waals surface area contributed by atoms with Crippen molar-refractivity contribution in [3.05, 3.63) is 150 Å². The van der Waals surface area contributed by atoms with E-state index in [0.717, 1.165) is 61.9 Å². The fourth-order valence-electron chi connectivity index (χ4n) is 7.44. The van der Waals surface area contributed by atoms with Gasteiger partial charge in [0.2, 0.25) is 0 Å². The topological polar surface area (TPSA) is 51.8 Å². The van der Waals surface area contributed by atoms with Crippen molar-refractivity contribution in [1.82, 2.24) is 15.4 Å². The van der Waals surface area contributed by atoms with Crippen LogP contribution >= 0.6 is 0 Å². The molecule has 2 heterocycles. The fourth-order valence-corrected chi connectivity index (χ4v) is 7.44. The summed E-state index contributed by atoms with van der Waals surface area (Å²) in [5, 5.41) is 15.1. The van der Waals surface area contributed by atoms with Crippen LogP contribution in [0.3, 0.4) is 0 Å². The molecule has 0 aliphatic heterocycles. The molecule has 0 amide bonds. The monoisotopic (exact) mass is 591 g/mol. The average molecular weight is 592 g/mol. The minimum absolute atomic E-state index is 0.785. The van der Waals surface area contributed by atoms with Crippen molar-refractivity contribution in [3.8, 4) is 55.8 Å². The molecule has 1 aliphatic rings. The Morgan fingerprint density at radius 1 is 0.587 bits per heavy atom. The molecule has 6 aromatic carbocycles. The van der Waals surface area contributed by atoms with Gasteiger partial charge in [0.05, 0.1) is 11.9 Å². The van der Waals surface area contributed by atoms with Gasteiger partial charge >= 0.3 is 0 Å². The largest absolute Gasteiger partial charge is 0.456 e. The zero-order valence-corrected chi connectivity index (χ0v) is 25.6. The normalized spacial score (nSPS) is 12.0. The van der Waals surface area contributed by atoms with Gasteiger partial charge in [-0.1, -0.05) is 103 Å². The Balaban J connectivity index is 1.47. The highest BCUT2D eigenvalue weighted by Gasteiger charge is 2.29. The van der Waals surface area contributed by atoms with Crippen molar-refractivity contribution in [1.29, 1.82) is 0 Å². The lowest BCUT2D eigenvalue weighted by molar-refractivity contribution is 0.669. The SMILES string of the molecule is Cc1cc2c(c(-c3c(-c4ccccc4)ccc(-c4cccc5oc6ccccc6c45)c3-c3ccnnn3)c1C)Cc1ccccc1-2. The van der Waals surface area contributed by atoms with Crippen LogP contribution in [0, 0.1) is 13.8 Å². The van der Waals surface area contributed by atoms with Crippen LogP contribution in [0.2, 0.25) is 0 Å². The van der Waals surface area contributed by atoms with Crippen molar-refractivity contribution in [2.75, 3.05) is 0 Å². The Morgan fingerprint density at radius 2 is 1.35 bits per heavy atom. The van der Waals surface area contributed by atoms with E-state index >= 15 is 0 Å². The number of hydrogen-bond donors (Lipinski definition) is 0. The first-order chi connectivity index (χ1) is 22.7. The van der Waals surface area contributed by atoms with E-state index in [1.807, 2.05) is 18.2 Å². The van der Waals surface area contributed by atoms with Gasteiger partial charge in [0.15, 0.2) is 0 Å². The summed E-state index contributed by atoms with van der Waals surface area (Å²) in [4.78, 5) is 0. The Labute approximate surface area is 267 Å². The number of aryl methyl sites for hydroxylation is 1. The molecule has 0 fully saturated rings. The minimum atomic E-state index is 0.785. The highest BCUT2D eigenvalue weighted by atomic mass is 16.3. The molecule has 2 aromatic heterocycles. The summed E-state index contributed by atoms with van der Waals surface area (Å²) in [7, 11) is 0. The molecule has 0 spiro atoms. The maximum absolute atomic E-state index is 6.36. The van der Waals surface area contributed by atoms with Gasteiger partial charge in [0.1, 0.15) is 11.2 Å². The third kappa shape index (κ3) is 3.97. The van der Waals surface area contributed by atoms with Crippen LogP contribution in [-0.2, 0) is 6.42 Å². The summed E-state index contributed by atoms with van der Waals surface area (Å²) in [6.45, 7) is 4.50. The van der Waals surface area contributed by atoms with E-state index < -0.39 is 0 Å². The lowest BCUT2D eigenvalue weighted by Gasteiger charge is -2.24. The molecule has 1 aliphatic carbocycles. The molecule has 9 rings (SSSR count). The summed E-state index contributed by atoms with van der Waals surface area (Å²) in [5.41, 5.74) is 18.4. The van der Waals surface area contributed by atoms with E-state index in [-0.39, 0.29) is 0 Å². The third-order valence-electron chi connectivity index (χ3n) is 9.62. The van der Waals surface area contributed by atoms with E-state index in [2.05, 4.69) is 132 Å². The van der Waals surface area contributed by atoms with E-state index in [1.54, 1.807) is 6.20 Å². The molecule has 0 saturated heterocycles. The number of rotatable bonds is 4. The quantitative estimate of drug-likeness (QED) is 0.204. The van der Waals surface area contributed by atoms with Crippen molar-refractivity contribution in [3.63, 3.8) is 0 Å². The van der Waals surface area contributed by atoms with Crippen molar-refractivity contribution < 1.29 is 4.42 Å². The maximum Gasteiger partial charge on any atom is 0.136 e.